The van der Waals surface area contributed by atoms with E-state index in [1.54, 1.807) is 0 Å². The molecular weight excluding hydrogens is 363 g/mol. The van der Waals surface area contributed by atoms with Gasteiger partial charge in [-0.15, -0.1) is 0 Å². The molecule has 0 saturated carbocycles. The second-order valence-corrected chi connectivity index (χ2v) is 5.90. The summed E-state index contributed by atoms with van der Waals surface area (Å²) >= 11 is 2.28. The molecule has 100 valence electrons. The highest BCUT2D eigenvalue weighted by Gasteiger charge is 2.17. The number of hydrogen-bond acceptors (Lipinski definition) is 3. The normalized spacial score (nSPS) is 10.7. The first-order valence-electron chi connectivity index (χ1n) is 6.23. The fourth-order valence-corrected chi connectivity index (χ4v) is 2.76. The average Bonchev–Trinajstić information content (AvgIpc) is 2.80. The third-order valence-electron chi connectivity index (χ3n) is 3.12. The topological polar surface area (TPSA) is 52.0 Å². The van der Waals surface area contributed by atoms with E-state index in [0.29, 0.717) is 5.88 Å². The number of rotatable bonds is 2. The number of benzene rings is 2. The Morgan fingerprint density at radius 3 is 2.55 bits per heavy atom. The van der Waals surface area contributed by atoms with Gasteiger partial charge in [0.25, 0.3) is 0 Å². The van der Waals surface area contributed by atoms with E-state index in [-0.39, 0.29) is 0 Å². The van der Waals surface area contributed by atoms with E-state index >= 15 is 0 Å². The SMILES string of the molecule is Cc1cccc(-c2c(-c3cccc(I)c3)noc2N)c1. The van der Waals surface area contributed by atoms with E-state index in [9.17, 15) is 0 Å². The Morgan fingerprint density at radius 2 is 1.80 bits per heavy atom. The second-order valence-electron chi connectivity index (χ2n) is 4.65. The van der Waals surface area contributed by atoms with Crippen LogP contribution in [0.2, 0.25) is 0 Å². The molecule has 2 N–H and O–H groups in total. The van der Waals surface area contributed by atoms with E-state index in [0.717, 1.165) is 26.0 Å². The van der Waals surface area contributed by atoms with Gasteiger partial charge in [0.1, 0.15) is 5.69 Å². The summed E-state index contributed by atoms with van der Waals surface area (Å²) in [6.45, 7) is 2.05. The zero-order valence-electron chi connectivity index (χ0n) is 10.9. The van der Waals surface area contributed by atoms with Gasteiger partial charge in [0.05, 0.1) is 5.56 Å². The van der Waals surface area contributed by atoms with E-state index < -0.39 is 0 Å². The van der Waals surface area contributed by atoms with Crippen LogP contribution in [0.4, 0.5) is 5.88 Å². The molecule has 0 fully saturated rings. The molecule has 4 heteroatoms. The molecular formula is C16H13IN2O. The van der Waals surface area contributed by atoms with Gasteiger partial charge in [-0.1, -0.05) is 47.1 Å². The summed E-state index contributed by atoms with van der Waals surface area (Å²) in [5, 5.41) is 4.13. The van der Waals surface area contributed by atoms with Crippen molar-refractivity contribution in [1.29, 1.82) is 0 Å². The summed E-state index contributed by atoms with van der Waals surface area (Å²) in [6.07, 6.45) is 0. The van der Waals surface area contributed by atoms with Crippen molar-refractivity contribution in [2.45, 2.75) is 6.92 Å². The van der Waals surface area contributed by atoms with E-state index in [4.69, 9.17) is 10.3 Å². The minimum absolute atomic E-state index is 0.351. The van der Waals surface area contributed by atoms with Crippen LogP contribution in [0.1, 0.15) is 5.56 Å². The van der Waals surface area contributed by atoms with Crippen LogP contribution < -0.4 is 5.73 Å². The van der Waals surface area contributed by atoms with E-state index in [1.807, 2.05) is 30.3 Å². The highest BCUT2D eigenvalue weighted by atomic mass is 127. The molecule has 0 bridgehead atoms. The van der Waals surface area contributed by atoms with Gasteiger partial charge < -0.3 is 10.3 Å². The second kappa shape index (κ2) is 5.28. The molecule has 0 atom stereocenters. The van der Waals surface area contributed by atoms with Gasteiger partial charge in [-0.3, -0.25) is 0 Å². The molecule has 20 heavy (non-hydrogen) atoms. The largest absolute Gasteiger partial charge is 0.367 e. The fourth-order valence-electron chi connectivity index (χ4n) is 2.22. The van der Waals surface area contributed by atoms with Crippen molar-refractivity contribution in [3.8, 4) is 22.4 Å². The van der Waals surface area contributed by atoms with Crippen LogP contribution >= 0.6 is 22.6 Å². The van der Waals surface area contributed by atoms with Crippen molar-refractivity contribution < 1.29 is 4.52 Å². The van der Waals surface area contributed by atoms with E-state index in [2.05, 4.69) is 52.9 Å². The molecule has 1 heterocycles. The lowest BCUT2D eigenvalue weighted by atomic mass is 10.00. The third-order valence-corrected chi connectivity index (χ3v) is 3.79. The summed E-state index contributed by atoms with van der Waals surface area (Å²) in [5.74, 6) is 0.351. The molecule has 0 unspecified atom stereocenters. The predicted octanol–water partition coefficient (Wildman–Crippen LogP) is 4.50. The third kappa shape index (κ3) is 2.43. The number of aryl methyl sites for hydroxylation is 1. The number of nitrogens with zero attached hydrogens (tertiary/aromatic N) is 1. The summed E-state index contributed by atoms with van der Waals surface area (Å²) in [6, 6.07) is 16.3. The number of hydrogen-bond donors (Lipinski definition) is 1. The summed E-state index contributed by atoms with van der Waals surface area (Å²) in [4.78, 5) is 0. The van der Waals surface area contributed by atoms with Crippen LogP contribution in [-0.2, 0) is 0 Å². The Morgan fingerprint density at radius 1 is 1.05 bits per heavy atom. The molecule has 0 aliphatic rings. The van der Waals surface area contributed by atoms with Crippen LogP contribution in [0.25, 0.3) is 22.4 Å². The average molecular weight is 376 g/mol. The first kappa shape index (κ1) is 13.2. The van der Waals surface area contributed by atoms with E-state index in [1.165, 1.54) is 5.56 Å². The van der Waals surface area contributed by atoms with Crippen LogP contribution in [0, 0.1) is 10.5 Å². The number of anilines is 1. The fraction of sp³-hybridized carbons (Fsp3) is 0.0625. The minimum Gasteiger partial charge on any atom is -0.367 e. The Hall–Kier alpha value is -1.82. The summed E-state index contributed by atoms with van der Waals surface area (Å²) in [7, 11) is 0. The lowest BCUT2D eigenvalue weighted by molar-refractivity contribution is 0.439. The van der Waals surface area contributed by atoms with Crippen LogP contribution in [0.3, 0.4) is 0 Å². The van der Waals surface area contributed by atoms with Gasteiger partial charge in [0, 0.05) is 9.13 Å². The predicted molar refractivity (Wildman–Crippen MR) is 89.2 cm³/mol. The first-order valence-corrected chi connectivity index (χ1v) is 7.31. The Balaban J connectivity index is 2.20. The number of halogens is 1. The number of nitrogens with two attached hydrogens (primary N) is 1. The monoisotopic (exact) mass is 376 g/mol. The Bertz CT molecular complexity index is 765. The van der Waals surface area contributed by atoms with Crippen LogP contribution in [0.5, 0.6) is 0 Å². The molecule has 0 radical (unpaired) electrons. The lowest BCUT2D eigenvalue weighted by Gasteiger charge is -2.04. The van der Waals surface area contributed by atoms with Crippen molar-refractivity contribution in [2.75, 3.05) is 5.73 Å². The maximum atomic E-state index is 5.97. The minimum atomic E-state index is 0.351. The van der Waals surface area contributed by atoms with Crippen LogP contribution in [0.15, 0.2) is 53.1 Å². The molecule has 3 aromatic rings. The van der Waals surface area contributed by atoms with Gasteiger partial charge in [-0.05, 0) is 47.2 Å². The van der Waals surface area contributed by atoms with Crippen molar-refractivity contribution in [1.82, 2.24) is 5.16 Å². The smallest absolute Gasteiger partial charge is 0.230 e. The molecule has 1 aromatic heterocycles. The summed E-state index contributed by atoms with van der Waals surface area (Å²) in [5.41, 5.74) is 10.8. The molecule has 0 spiro atoms. The standard InChI is InChI=1S/C16H13IN2O/c1-10-4-2-5-11(8-10)14-15(19-20-16(14)18)12-6-3-7-13(17)9-12/h2-9H,18H2,1H3. The van der Waals surface area contributed by atoms with Crippen LogP contribution in [-0.4, -0.2) is 5.16 Å². The van der Waals surface area contributed by atoms with Gasteiger partial charge >= 0.3 is 0 Å². The Labute approximate surface area is 130 Å². The quantitative estimate of drug-likeness (QED) is 0.670. The highest BCUT2D eigenvalue weighted by Crippen LogP contribution is 2.36. The lowest BCUT2D eigenvalue weighted by Crippen LogP contribution is -1.88. The highest BCUT2D eigenvalue weighted by molar-refractivity contribution is 14.1. The molecule has 0 saturated heterocycles. The zero-order valence-corrected chi connectivity index (χ0v) is 13.1. The number of aromatic nitrogens is 1. The van der Waals surface area contributed by atoms with Gasteiger partial charge in [-0.25, -0.2) is 0 Å². The van der Waals surface area contributed by atoms with Crippen molar-refractivity contribution in [3.05, 3.63) is 57.7 Å². The molecule has 0 amide bonds. The van der Waals surface area contributed by atoms with Crippen molar-refractivity contribution in [2.24, 2.45) is 0 Å². The molecule has 3 nitrogen and oxygen atoms in total. The maximum Gasteiger partial charge on any atom is 0.230 e. The van der Waals surface area contributed by atoms with Crippen molar-refractivity contribution in [3.63, 3.8) is 0 Å². The van der Waals surface area contributed by atoms with Crippen molar-refractivity contribution >= 4 is 28.5 Å². The molecule has 3 rings (SSSR count). The molecule has 0 aliphatic carbocycles. The first-order chi connectivity index (χ1) is 9.65. The van der Waals surface area contributed by atoms with Gasteiger partial charge in [-0.2, -0.15) is 0 Å². The molecule has 0 aliphatic heterocycles. The Kier molecular flexibility index (Phi) is 3.48. The van der Waals surface area contributed by atoms with Gasteiger partial charge in [0.2, 0.25) is 5.88 Å². The molecule has 2 aromatic carbocycles. The number of nitrogen functional groups attached to an aromatic ring is 1. The summed E-state index contributed by atoms with van der Waals surface area (Å²) < 4.78 is 6.36. The zero-order chi connectivity index (χ0) is 14.1. The van der Waals surface area contributed by atoms with Gasteiger partial charge in [0.15, 0.2) is 0 Å². The maximum absolute atomic E-state index is 5.97.